The molecule has 1 fully saturated rings. The van der Waals surface area contributed by atoms with E-state index in [-0.39, 0.29) is 17.9 Å². The van der Waals surface area contributed by atoms with Crippen LogP contribution < -0.4 is 15.2 Å². The van der Waals surface area contributed by atoms with Crippen molar-refractivity contribution < 1.29 is 13.5 Å². The van der Waals surface area contributed by atoms with Crippen molar-refractivity contribution in [2.24, 2.45) is 7.05 Å². The lowest BCUT2D eigenvalue weighted by molar-refractivity contribution is -0.0505. The highest BCUT2D eigenvalue weighted by Gasteiger charge is 2.24. The molecule has 200 valence electrons. The van der Waals surface area contributed by atoms with E-state index in [9.17, 15) is 13.6 Å². The summed E-state index contributed by atoms with van der Waals surface area (Å²) < 4.78 is 36.4. The number of fused-ring (bicyclic) bond motifs is 1. The number of aromatic nitrogens is 4. The van der Waals surface area contributed by atoms with E-state index in [1.165, 1.54) is 10.7 Å². The molecule has 8 nitrogen and oxygen atoms in total. The Balaban J connectivity index is 1.46. The van der Waals surface area contributed by atoms with Crippen LogP contribution in [-0.4, -0.2) is 62.2 Å². The number of anilines is 1. The standard InChI is InChI=1S/C27H30F2N6O2S/c1-17-5-8-24(37-26(28)29)20(11-17)16-34-23-12-19(6-7-22(23)25(36)32(34)3)21-13-30-27(31-14-21)33-9-10-35(38-4)18(2)15-33/h5-8,11-14,18,26H,9-10,15-16H2,1-4H3. The molecule has 5 rings (SSSR count). The van der Waals surface area contributed by atoms with Crippen LogP contribution in [0.3, 0.4) is 0 Å². The molecule has 11 heteroatoms. The first-order valence-electron chi connectivity index (χ1n) is 12.4. The van der Waals surface area contributed by atoms with Crippen molar-refractivity contribution >= 4 is 28.8 Å². The molecule has 3 heterocycles. The van der Waals surface area contributed by atoms with Gasteiger partial charge >= 0.3 is 6.61 Å². The van der Waals surface area contributed by atoms with Gasteiger partial charge in [0.25, 0.3) is 5.56 Å². The third kappa shape index (κ3) is 5.12. The molecule has 0 aliphatic carbocycles. The van der Waals surface area contributed by atoms with Crippen molar-refractivity contribution in [3.05, 3.63) is 70.3 Å². The Morgan fingerprint density at radius 2 is 1.87 bits per heavy atom. The molecule has 2 aromatic carbocycles. The average molecular weight is 541 g/mol. The fraction of sp³-hybridized carbons (Fsp3) is 0.370. The number of rotatable bonds is 7. The van der Waals surface area contributed by atoms with Gasteiger partial charge in [-0.2, -0.15) is 8.78 Å². The minimum atomic E-state index is -2.94. The maximum atomic E-state index is 13.0. The summed E-state index contributed by atoms with van der Waals surface area (Å²) in [6.45, 7) is 4.01. The molecule has 1 unspecified atom stereocenters. The molecule has 1 aliphatic heterocycles. The number of aryl methyl sites for hydroxylation is 1. The van der Waals surface area contributed by atoms with E-state index >= 15 is 0 Å². The molecule has 0 spiro atoms. The molecule has 0 radical (unpaired) electrons. The van der Waals surface area contributed by atoms with Gasteiger partial charge < -0.3 is 9.64 Å². The Morgan fingerprint density at radius 3 is 2.55 bits per heavy atom. The lowest BCUT2D eigenvalue weighted by Gasteiger charge is -2.38. The van der Waals surface area contributed by atoms with Crippen molar-refractivity contribution in [1.82, 2.24) is 23.6 Å². The van der Waals surface area contributed by atoms with Crippen molar-refractivity contribution in [2.75, 3.05) is 30.8 Å². The number of hydrogen-bond acceptors (Lipinski definition) is 7. The number of benzene rings is 2. The Morgan fingerprint density at radius 1 is 1.11 bits per heavy atom. The summed E-state index contributed by atoms with van der Waals surface area (Å²) in [5.41, 5.74) is 3.67. The van der Waals surface area contributed by atoms with Gasteiger partial charge in [-0.1, -0.05) is 35.7 Å². The minimum absolute atomic E-state index is 0.0905. The van der Waals surface area contributed by atoms with Gasteiger partial charge in [0.15, 0.2) is 0 Å². The summed E-state index contributed by atoms with van der Waals surface area (Å²) >= 11 is 1.76. The lowest BCUT2D eigenvalue weighted by Crippen LogP contribution is -2.49. The second-order valence-electron chi connectivity index (χ2n) is 9.50. The molecular formula is C27H30F2N6O2S. The molecule has 1 atom stereocenters. The van der Waals surface area contributed by atoms with Crippen LogP contribution in [0.2, 0.25) is 0 Å². The predicted octanol–water partition coefficient (Wildman–Crippen LogP) is 4.54. The number of piperazine rings is 1. The summed E-state index contributed by atoms with van der Waals surface area (Å²) in [5, 5.41) is 0.540. The van der Waals surface area contributed by atoms with Crippen LogP contribution in [0.5, 0.6) is 5.75 Å². The van der Waals surface area contributed by atoms with Gasteiger partial charge in [0.2, 0.25) is 5.95 Å². The summed E-state index contributed by atoms with van der Waals surface area (Å²) in [6, 6.07) is 11.0. The molecule has 0 saturated carbocycles. The number of hydrogen-bond donors (Lipinski definition) is 0. The zero-order chi connectivity index (χ0) is 27.0. The van der Waals surface area contributed by atoms with Gasteiger partial charge in [0, 0.05) is 56.2 Å². The Labute approximate surface area is 224 Å². The van der Waals surface area contributed by atoms with Crippen LogP contribution in [0.25, 0.3) is 22.0 Å². The molecule has 4 aromatic rings. The molecule has 1 saturated heterocycles. The van der Waals surface area contributed by atoms with Crippen molar-refractivity contribution in [2.45, 2.75) is 33.0 Å². The van der Waals surface area contributed by atoms with E-state index in [2.05, 4.69) is 32.4 Å². The average Bonchev–Trinajstić information content (AvgIpc) is 3.14. The molecule has 0 amide bonds. The van der Waals surface area contributed by atoms with Crippen LogP contribution in [0.15, 0.2) is 53.6 Å². The lowest BCUT2D eigenvalue weighted by atomic mass is 10.1. The number of nitrogens with zero attached hydrogens (tertiary/aromatic N) is 6. The van der Waals surface area contributed by atoms with Gasteiger partial charge in [-0.15, -0.1) is 0 Å². The summed E-state index contributed by atoms with van der Waals surface area (Å²) in [7, 11) is 1.67. The van der Waals surface area contributed by atoms with E-state index < -0.39 is 6.61 Å². The molecule has 0 bridgehead atoms. The van der Waals surface area contributed by atoms with Gasteiger partial charge in [-0.05, 0) is 43.9 Å². The van der Waals surface area contributed by atoms with Gasteiger partial charge in [-0.25, -0.2) is 14.3 Å². The normalized spacial score (nSPS) is 16.5. The predicted molar refractivity (Wildman–Crippen MR) is 147 cm³/mol. The zero-order valence-corrected chi connectivity index (χ0v) is 22.6. The molecule has 1 aliphatic rings. The topological polar surface area (TPSA) is 68.4 Å². The van der Waals surface area contributed by atoms with Gasteiger partial charge in [-0.3, -0.25) is 14.2 Å². The van der Waals surface area contributed by atoms with E-state index in [0.29, 0.717) is 28.5 Å². The van der Waals surface area contributed by atoms with Gasteiger partial charge in [0.05, 0.1) is 17.4 Å². The quantitative estimate of drug-likeness (QED) is 0.319. The van der Waals surface area contributed by atoms with E-state index in [4.69, 9.17) is 4.74 Å². The van der Waals surface area contributed by atoms with Crippen LogP contribution in [0.4, 0.5) is 14.7 Å². The second kappa shape index (κ2) is 10.7. The van der Waals surface area contributed by atoms with Crippen LogP contribution in [0, 0.1) is 6.92 Å². The number of alkyl halides is 2. The summed E-state index contributed by atoms with van der Waals surface area (Å²) in [6.07, 6.45) is 5.70. The number of halogens is 2. The third-order valence-electron chi connectivity index (χ3n) is 6.97. The Hall–Kier alpha value is -3.44. The first-order chi connectivity index (χ1) is 18.2. The molecule has 0 N–H and O–H groups in total. The fourth-order valence-corrected chi connectivity index (χ4v) is 5.66. The third-order valence-corrected chi connectivity index (χ3v) is 7.98. The number of ether oxygens (including phenoxy) is 1. The van der Waals surface area contributed by atoms with Crippen LogP contribution in [0.1, 0.15) is 18.1 Å². The maximum absolute atomic E-state index is 13.0. The smallest absolute Gasteiger partial charge is 0.387 e. The molecular weight excluding hydrogens is 510 g/mol. The van der Waals surface area contributed by atoms with Crippen molar-refractivity contribution in [1.29, 1.82) is 0 Å². The summed E-state index contributed by atoms with van der Waals surface area (Å²) in [4.78, 5) is 24.4. The highest BCUT2D eigenvalue weighted by molar-refractivity contribution is 7.96. The molecule has 2 aromatic heterocycles. The van der Waals surface area contributed by atoms with Crippen LogP contribution >= 0.6 is 11.9 Å². The highest BCUT2D eigenvalue weighted by atomic mass is 32.2. The summed E-state index contributed by atoms with van der Waals surface area (Å²) in [5.74, 6) is 0.790. The zero-order valence-electron chi connectivity index (χ0n) is 21.8. The fourth-order valence-electron chi connectivity index (χ4n) is 4.97. The first-order valence-corrected chi connectivity index (χ1v) is 13.6. The monoisotopic (exact) mass is 540 g/mol. The largest absolute Gasteiger partial charge is 0.434 e. The molecule has 38 heavy (non-hydrogen) atoms. The van der Waals surface area contributed by atoms with Gasteiger partial charge in [0.1, 0.15) is 5.75 Å². The van der Waals surface area contributed by atoms with Crippen LogP contribution in [-0.2, 0) is 13.6 Å². The van der Waals surface area contributed by atoms with E-state index in [1.807, 2.05) is 19.1 Å². The minimum Gasteiger partial charge on any atom is -0.434 e. The highest BCUT2D eigenvalue weighted by Crippen LogP contribution is 2.27. The first kappa shape index (κ1) is 26.2. The van der Waals surface area contributed by atoms with E-state index in [1.54, 1.807) is 54.3 Å². The van der Waals surface area contributed by atoms with E-state index in [0.717, 1.165) is 36.3 Å². The Bertz CT molecular complexity index is 1500. The SMILES string of the molecule is CSN1CCN(c2ncc(-c3ccc4c(=O)n(C)n(Cc5cc(C)ccc5OC(F)F)c4c3)cn2)CC1C. The second-order valence-corrected chi connectivity index (χ2v) is 10.3. The maximum Gasteiger partial charge on any atom is 0.387 e. The Kier molecular flexibility index (Phi) is 7.40. The van der Waals surface area contributed by atoms with Crippen molar-refractivity contribution in [3.8, 4) is 16.9 Å². The van der Waals surface area contributed by atoms with Crippen molar-refractivity contribution in [3.63, 3.8) is 0 Å².